The zero-order chi connectivity index (χ0) is 15.8. The smallest absolute Gasteiger partial charge is 0.311 e. The first-order valence-electron chi connectivity index (χ1n) is 6.73. The van der Waals surface area contributed by atoms with Gasteiger partial charge in [0.05, 0.1) is 17.6 Å². The molecule has 0 N–H and O–H groups in total. The lowest BCUT2D eigenvalue weighted by Gasteiger charge is -2.22. The Bertz CT molecular complexity index is 508. The maximum absolute atomic E-state index is 12.6. The van der Waals surface area contributed by atoms with Crippen molar-refractivity contribution in [1.82, 2.24) is 4.90 Å². The Kier molecular flexibility index (Phi) is 6.94. The monoisotopic (exact) mass is 314 g/mol. The van der Waals surface area contributed by atoms with Crippen LogP contribution in [0, 0.1) is 10.1 Å². The molecule has 0 fully saturated rings. The van der Waals surface area contributed by atoms with Crippen LogP contribution in [0.3, 0.4) is 0 Å². The highest BCUT2D eigenvalue weighted by Gasteiger charge is 2.25. The summed E-state index contributed by atoms with van der Waals surface area (Å²) in [6.07, 6.45) is 1.79. The van der Waals surface area contributed by atoms with Crippen molar-refractivity contribution in [3.8, 4) is 5.75 Å². The van der Waals surface area contributed by atoms with Crippen molar-refractivity contribution in [3.05, 3.63) is 33.9 Å². The number of nitro groups is 1. The molecule has 0 saturated heterocycles. The van der Waals surface area contributed by atoms with Gasteiger partial charge in [0.2, 0.25) is 5.75 Å². The van der Waals surface area contributed by atoms with E-state index >= 15 is 0 Å². The lowest BCUT2D eigenvalue weighted by atomic mass is 10.1. The predicted octanol–water partition coefficient (Wildman–Crippen LogP) is 3.08. The molecule has 21 heavy (non-hydrogen) atoms. The first kappa shape index (κ1) is 17.2. The fraction of sp³-hybridized carbons (Fsp3) is 0.500. The largest absolute Gasteiger partial charge is 0.490 e. The van der Waals surface area contributed by atoms with Gasteiger partial charge in [-0.25, -0.2) is 0 Å². The maximum atomic E-state index is 12.6. The zero-order valence-electron chi connectivity index (χ0n) is 12.2. The van der Waals surface area contributed by atoms with E-state index in [1.165, 1.54) is 25.3 Å². The fourth-order valence-electron chi connectivity index (χ4n) is 1.99. The Labute approximate surface area is 128 Å². The van der Waals surface area contributed by atoms with Gasteiger partial charge in [0.25, 0.3) is 5.91 Å². The number of hydrogen-bond donors (Lipinski definition) is 0. The van der Waals surface area contributed by atoms with E-state index in [-0.39, 0.29) is 22.9 Å². The summed E-state index contributed by atoms with van der Waals surface area (Å²) >= 11 is 5.73. The van der Waals surface area contributed by atoms with Crippen molar-refractivity contribution in [2.24, 2.45) is 0 Å². The molecule has 0 bridgehead atoms. The summed E-state index contributed by atoms with van der Waals surface area (Å²) in [6.45, 7) is 2.98. The molecule has 1 aromatic carbocycles. The van der Waals surface area contributed by atoms with Crippen LogP contribution < -0.4 is 4.74 Å². The van der Waals surface area contributed by atoms with E-state index in [9.17, 15) is 14.9 Å². The second kappa shape index (κ2) is 8.46. The summed E-state index contributed by atoms with van der Waals surface area (Å²) in [7, 11) is 1.32. The number of carbonyl (C=O) groups excluding carboxylic acids is 1. The minimum atomic E-state index is -0.562. The van der Waals surface area contributed by atoms with Crippen molar-refractivity contribution < 1.29 is 14.5 Å². The Hall–Kier alpha value is -1.82. The molecule has 0 aromatic heterocycles. The lowest BCUT2D eigenvalue weighted by Crippen LogP contribution is -2.34. The number of nitro benzene ring substituents is 1. The van der Waals surface area contributed by atoms with E-state index in [4.69, 9.17) is 16.3 Å². The molecule has 1 aromatic rings. The average molecular weight is 315 g/mol. The van der Waals surface area contributed by atoms with Gasteiger partial charge >= 0.3 is 5.69 Å². The number of amides is 1. The molecule has 0 saturated carbocycles. The molecule has 0 radical (unpaired) electrons. The first-order chi connectivity index (χ1) is 10.1. The molecule has 0 aliphatic carbocycles. The number of hydrogen-bond acceptors (Lipinski definition) is 4. The number of carbonyl (C=O) groups is 1. The molecule has 7 heteroatoms. The van der Waals surface area contributed by atoms with Crippen LogP contribution in [0.25, 0.3) is 0 Å². The van der Waals surface area contributed by atoms with Crippen LogP contribution in [0.5, 0.6) is 5.75 Å². The number of unbranched alkanes of at least 4 members (excludes halogenated alkanes) is 1. The molecule has 1 amide bonds. The molecule has 0 aliphatic rings. The number of methoxy groups -OCH3 is 1. The fourth-order valence-corrected chi connectivity index (χ4v) is 2.19. The highest BCUT2D eigenvalue weighted by atomic mass is 35.5. The summed E-state index contributed by atoms with van der Waals surface area (Å²) in [6, 6.07) is 4.32. The van der Waals surface area contributed by atoms with E-state index in [2.05, 4.69) is 0 Å². The van der Waals surface area contributed by atoms with Gasteiger partial charge in [-0.3, -0.25) is 14.9 Å². The van der Waals surface area contributed by atoms with Gasteiger partial charge < -0.3 is 9.64 Å². The minimum absolute atomic E-state index is 0.0106. The number of halogens is 1. The molecule has 6 nitrogen and oxygen atoms in total. The molecule has 0 spiro atoms. The Morgan fingerprint density at radius 1 is 1.43 bits per heavy atom. The molecule has 1 rings (SSSR count). The average Bonchev–Trinajstić information content (AvgIpc) is 2.49. The number of ether oxygens (including phenoxy) is 1. The van der Waals surface area contributed by atoms with Crippen LogP contribution in [0.2, 0.25) is 0 Å². The van der Waals surface area contributed by atoms with Gasteiger partial charge in [-0.05, 0) is 12.5 Å². The van der Waals surface area contributed by atoms with Gasteiger partial charge in [0.1, 0.15) is 0 Å². The second-order valence-corrected chi connectivity index (χ2v) is 4.83. The SMILES string of the molecule is CCCCN(CCCl)C(=O)c1cccc([N+](=O)[O-])c1OC. The standard InChI is InChI=1S/C14H19ClN2O4/c1-3-4-9-16(10-8-15)14(18)11-6-5-7-12(17(19)20)13(11)21-2/h5-7H,3-4,8-10H2,1-2H3. The minimum Gasteiger partial charge on any atom is -0.490 e. The van der Waals surface area contributed by atoms with E-state index in [1.54, 1.807) is 4.90 Å². The Balaban J connectivity index is 3.14. The van der Waals surface area contributed by atoms with Gasteiger partial charge in [-0.2, -0.15) is 0 Å². The molecule has 0 heterocycles. The number of alkyl halides is 1. The number of nitrogens with zero attached hydrogens (tertiary/aromatic N) is 2. The maximum Gasteiger partial charge on any atom is 0.311 e. The van der Waals surface area contributed by atoms with Crippen LogP contribution in [-0.2, 0) is 0 Å². The zero-order valence-corrected chi connectivity index (χ0v) is 12.9. The molecular formula is C14H19ClN2O4. The summed E-state index contributed by atoms with van der Waals surface area (Å²) in [5.41, 5.74) is -0.0300. The van der Waals surface area contributed by atoms with Crippen LogP contribution in [-0.4, -0.2) is 41.8 Å². The molecule has 116 valence electrons. The third kappa shape index (κ3) is 4.32. The third-order valence-corrected chi connectivity index (χ3v) is 3.22. The Morgan fingerprint density at radius 3 is 2.67 bits per heavy atom. The first-order valence-corrected chi connectivity index (χ1v) is 7.26. The summed E-state index contributed by atoms with van der Waals surface area (Å²) in [4.78, 5) is 24.6. The van der Waals surface area contributed by atoms with Gasteiger partial charge in [-0.1, -0.05) is 19.4 Å². The number of benzene rings is 1. The number of para-hydroxylation sites is 1. The molecule has 0 atom stereocenters. The lowest BCUT2D eigenvalue weighted by molar-refractivity contribution is -0.385. The van der Waals surface area contributed by atoms with Gasteiger partial charge in [0.15, 0.2) is 0 Å². The quantitative estimate of drug-likeness (QED) is 0.420. The van der Waals surface area contributed by atoms with Gasteiger partial charge in [-0.15, -0.1) is 11.6 Å². The summed E-state index contributed by atoms with van der Waals surface area (Å²) in [5.74, 6) is 0.000367. The number of rotatable bonds is 8. The normalized spacial score (nSPS) is 10.2. The van der Waals surface area contributed by atoms with Crippen molar-refractivity contribution in [2.45, 2.75) is 19.8 Å². The summed E-state index contributed by atoms with van der Waals surface area (Å²) < 4.78 is 5.07. The van der Waals surface area contributed by atoms with E-state index < -0.39 is 4.92 Å². The van der Waals surface area contributed by atoms with Crippen LogP contribution in [0.15, 0.2) is 18.2 Å². The van der Waals surface area contributed by atoms with Crippen LogP contribution in [0.4, 0.5) is 5.69 Å². The van der Waals surface area contributed by atoms with E-state index in [1.807, 2.05) is 6.92 Å². The molecular weight excluding hydrogens is 296 g/mol. The van der Waals surface area contributed by atoms with Crippen molar-refractivity contribution >= 4 is 23.2 Å². The summed E-state index contributed by atoms with van der Waals surface area (Å²) in [5, 5.41) is 11.0. The third-order valence-electron chi connectivity index (χ3n) is 3.05. The second-order valence-electron chi connectivity index (χ2n) is 4.45. The highest BCUT2D eigenvalue weighted by Crippen LogP contribution is 2.31. The Morgan fingerprint density at radius 2 is 2.14 bits per heavy atom. The molecule has 0 unspecified atom stereocenters. The van der Waals surface area contributed by atoms with Crippen LogP contribution in [0.1, 0.15) is 30.1 Å². The molecule has 0 aliphatic heterocycles. The van der Waals surface area contributed by atoms with Crippen molar-refractivity contribution in [3.63, 3.8) is 0 Å². The highest BCUT2D eigenvalue weighted by molar-refractivity contribution is 6.18. The van der Waals surface area contributed by atoms with E-state index in [0.717, 1.165) is 12.8 Å². The van der Waals surface area contributed by atoms with E-state index in [0.29, 0.717) is 19.0 Å². The van der Waals surface area contributed by atoms with Crippen molar-refractivity contribution in [2.75, 3.05) is 26.1 Å². The predicted molar refractivity (Wildman–Crippen MR) is 81.2 cm³/mol. The van der Waals surface area contributed by atoms with Crippen LogP contribution >= 0.6 is 11.6 Å². The topological polar surface area (TPSA) is 72.7 Å². The van der Waals surface area contributed by atoms with Gasteiger partial charge in [0, 0.05) is 25.0 Å². The van der Waals surface area contributed by atoms with Crippen molar-refractivity contribution in [1.29, 1.82) is 0 Å².